The lowest BCUT2D eigenvalue weighted by molar-refractivity contribution is -0.127. The van der Waals surface area contributed by atoms with E-state index >= 15 is 0 Å². The molecule has 0 aromatic heterocycles. The second kappa shape index (κ2) is 5.64. The highest BCUT2D eigenvalue weighted by Crippen LogP contribution is 2.11. The average molecular weight is 227 g/mol. The van der Waals surface area contributed by atoms with Gasteiger partial charge in [-0.3, -0.25) is 4.79 Å². The molecule has 0 spiro atoms. The fourth-order valence-electron chi connectivity index (χ4n) is 1.87. The van der Waals surface area contributed by atoms with Crippen molar-refractivity contribution in [2.24, 2.45) is 0 Å². The minimum absolute atomic E-state index is 0.102. The Hall–Kier alpha value is -0.610. The summed E-state index contributed by atoms with van der Waals surface area (Å²) in [6.07, 6.45) is 2.14. The van der Waals surface area contributed by atoms with Crippen molar-refractivity contribution in [3.8, 4) is 0 Å². The van der Waals surface area contributed by atoms with E-state index in [0.717, 1.165) is 32.5 Å². The Morgan fingerprint density at radius 3 is 2.38 bits per heavy atom. The van der Waals surface area contributed by atoms with Crippen LogP contribution in [0, 0.1) is 0 Å². The van der Waals surface area contributed by atoms with Gasteiger partial charge in [0.1, 0.15) is 0 Å². The number of rotatable bonds is 4. The maximum absolute atomic E-state index is 11.9. The largest absolute Gasteiger partial charge is 0.352 e. The molecule has 0 unspecified atom stereocenters. The van der Waals surface area contributed by atoms with Gasteiger partial charge in [0.2, 0.25) is 5.91 Å². The fraction of sp³-hybridized carbons (Fsp3) is 0.917. The number of hydrogen-bond acceptors (Lipinski definition) is 3. The van der Waals surface area contributed by atoms with Crippen LogP contribution in [0.3, 0.4) is 0 Å². The highest BCUT2D eigenvalue weighted by Gasteiger charge is 2.28. The van der Waals surface area contributed by atoms with Crippen molar-refractivity contribution in [3.05, 3.63) is 0 Å². The van der Waals surface area contributed by atoms with Crippen LogP contribution in [0.4, 0.5) is 0 Å². The molecule has 16 heavy (non-hydrogen) atoms. The highest BCUT2D eigenvalue weighted by molar-refractivity contribution is 5.85. The molecule has 1 heterocycles. The monoisotopic (exact) mass is 227 g/mol. The normalized spacial score (nSPS) is 19.8. The first-order valence-corrected chi connectivity index (χ1v) is 6.22. The third kappa shape index (κ3) is 3.46. The molecule has 0 aliphatic carbocycles. The number of piperidine rings is 1. The number of likely N-dealkylation sites (tertiary alicyclic amines) is 1. The molecule has 1 amide bonds. The van der Waals surface area contributed by atoms with Crippen LogP contribution in [0.25, 0.3) is 0 Å². The summed E-state index contributed by atoms with van der Waals surface area (Å²) in [6.45, 7) is 9.31. The first kappa shape index (κ1) is 13.5. The van der Waals surface area contributed by atoms with Crippen LogP contribution in [0.15, 0.2) is 0 Å². The first-order valence-electron chi connectivity index (χ1n) is 6.22. The number of carbonyl (C=O) groups excluding carboxylic acids is 1. The molecular weight excluding hydrogens is 202 g/mol. The zero-order chi connectivity index (χ0) is 12.2. The van der Waals surface area contributed by atoms with Crippen molar-refractivity contribution in [2.45, 2.75) is 45.2 Å². The number of nitrogens with zero attached hydrogens (tertiary/aromatic N) is 1. The van der Waals surface area contributed by atoms with Gasteiger partial charge in [0, 0.05) is 19.1 Å². The van der Waals surface area contributed by atoms with E-state index in [1.807, 2.05) is 20.9 Å². The Kier molecular flexibility index (Phi) is 4.74. The molecule has 1 aliphatic heterocycles. The van der Waals surface area contributed by atoms with E-state index in [9.17, 15) is 4.79 Å². The van der Waals surface area contributed by atoms with E-state index in [-0.39, 0.29) is 5.91 Å². The lowest BCUT2D eigenvalue weighted by Gasteiger charge is -2.33. The number of hydrogen-bond donors (Lipinski definition) is 2. The van der Waals surface area contributed by atoms with Gasteiger partial charge in [-0.15, -0.1) is 0 Å². The van der Waals surface area contributed by atoms with Gasteiger partial charge in [-0.2, -0.15) is 0 Å². The third-order valence-corrected chi connectivity index (χ3v) is 3.56. The van der Waals surface area contributed by atoms with Gasteiger partial charge in [0.05, 0.1) is 5.54 Å². The zero-order valence-corrected chi connectivity index (χ0v) is 11.0. The van der Waals surface area contributed by atoms with Crippen molar-refractivity contribution < 1.29 is 4.79 Å². The Labute approximate surface area is 98.8 Å². The number of nitrogens with one attached hydrogen (secondary N) is 2. The molecule has 0 aromatic carbocycles. The smallest absolute Gasteiger partial charge is 0.239 e. The molecular formula is C12H25N3O. The number of likely N-dealkylation sites (N-methyl/N-ethyl adjacent to an activating group) is 1. The molecule has 1 saturated heterocycles. The SMILES string of the molecule is CCN1CCC(NC(=O)C(C)(C)NC)CC1. The van der Waals surface area contributed by atoms with Crippen LogP contribution in [0.1, 0.15) is 33.6 Å². The van der Waals surface area contributed by atoms with E-state index in [4.69, 9.17) is 0 Å². The van der Waals surface area contributed by atoms with Crippen molar-refractivity contribution in [3.63, 3.8) is 0 Å². The number of carbonyl (C=O) groups is 1. The van der Waals surface area contributed by atoms with Gasteiger partial charge in [-0.1, -0.05) is 6.92 Å². The van der Waals surface area contributed by atoms with Gasteiger partial charge in [0.15, 0.2) is 0 Å². The summed E-state index contributed by atoms with van der Waals surface area (Å²) in [5, 5.41) is 6.15. The Morgan fingerprint density at radius 2 is 1.94 bits per heavy atom. The predicted octanol–water partition coefficient (Wildman–Crippen LogP) is 0.585. The van der Waals surface area contributed by atoms with Crippen LogP contribution < -0.4 is 10.6 Å². The summed E-state index contributed by atoms with van der Waals surface area (Å²) >= 11 is 0. The van der Waals surface area contributed by atoms with Crippen LogP contribution >= 0.6 is 0 Å². The van der Waals surface area contributed by atoms with Crippen LogP contribution in [-0.2, 0) is 4.79 Å². The van der Waals surface area contributed by atoms with Gasteiger partial charge in [0.25, 0.3) is 0 Å². The van der Waals surface area contributed by atoms with Crippen LogP contribution in [0.2, 0.25) is 0 Å². The molecule has 0 atom stereocenters. The summed E-state index contributed by atoms with van der Waals surface area (Å²) in [4.78, 5) is 14.4. The minimum atomic E-state index is -0.470. The topological polar surface area (TPSA) is 44.4 Å². The molecule has 0 bridgehead atoms. The third-order valence-electron chi connectivity index (χ3n) is 3.56. The second-order valence-electron chi connectivity index (χ2n) is 5.06. The summed E-state index contributed by atoms with van der Waals surface area (Å²) in [6, 6.07) is 0.350. The average Bonchev–Trinajstić information content (AvgIpc) is 2.30. The molecule has 94 valence electrons. The summed E-state index contributed by atoms with van der Waals surface area (Å²) in [5.41, 5.74) is -0.470. The van der Waals surface area contributed by atoms with Gasteiger partial charge >= 0.3 is 0 Å². The number of amides is 1. The van der Waals surface area contributed by atoms with E-state index in [0.29, 0.717) is 6.04 Å². The van der Waals surface area contributed by atoms with Crippen LogP contribution in [-0.4, -0.2) is 49.1 Å². The Balaban J connectivity index is 2.36. The van der Waals surface area contributed by atoms with E-state index in [1.54, 1.807) is 0 Å². The fourth-order valence-corrected chi connectivity index (χ4v) is 1.87. The zero-order valence-electron chi connectivity index (χ0n) is 11.0. The molecule has 0 aromatic rings. The maximum atomic E-state index is 11.9. The van der Waals surface area contributed by atoms with E-state index < -0.39 is 5.54 Å². The Bertz CT molecular complexity index is 232. The van der Waals surface area contributed by atoms with Crippen molar-refractivity contribution in [1.82, 2.24) is 15.5 Å². The quantitative estimate of drug-likeness (QED) is 0.738. The molecule has 4 nitrogen and oxygen atoms in total. The molecule has 1 aliphatic rings. The summed E-state index contributed by atoms with van der Waals surface area (Å²) < 4.78 is 0. The maximum Gasteiger partial charge on any atom is 0.239 e. The van der Waals surface area contributed by atoms with Crippen molar-refractivity contribution in [2.75, 3.05) is 26.7 Å². The second-order valence-corrected chi connectivity index (χ2v) is 5.06. The molecule has 1 rings (SSSR count). The molecule has 0 radical (unpaired) electrons. The van der Waals surface area contributed by atoms with Crippen molar-refractivity contribution >= 4 is 5.91 Å². The predicted molar refractivity (Wildman–Crippen MR) is 66.4 cm³/mol. The van der Waals surface area contributed by atoms with Gasteiger partial charge in [-0.05, 0) is 40.3 Å². The lowest BCUT2D eigenvalue weighted by Crippen LogP contribution is -2.55. The van der Waals surface area contributed by atoms with Gasteiger partial charge in [-0.25, -0.2) is 0 Å². The van der Waals surface area contributed by atoms with E-state index in [2.05, 4.69) is 22.5 Å². The first-order chi connectivity index (χ1) is 7.49. The standard InChI is InChI=1S/C12H25N3O/c1-5-15-8-6-10(7-9-15)14-11(16)12(2,3)13-4/h10,13H,5-9H2,1-4H3,(H,14,16). The lowest BCUT2D eigenvalue weighted by atomic mass is 10.0. The van der Waals surface area contributed by atoms with Gasteiger partial charge < -0.3 is 15.5 Å². The Morgan fingerprint density at radius 1 is 1.38 bits per heavy atom. The summed E-state index contributed by atoms with van der Waals surface area (Å²) in [7, 11) is 1.82. The molecule has 0 saturated carbocycles. The highest BCUT2D eigenvalue weighted by atomic mass is 16.2. The van der Waals surface area contributed by atoms with Crippen LogP contribution in [0.5, 0.6) is 0 Å². The minimum Gasteiger partial charge on any atom is -0.352 e. The van der Waals surface area contributed by atoms with Crippen molar-refractivity contribution in [1.29, 1.82) is 0 Å². The summed E-state index contributed by atoms with van der Waals surface area (Å²) in [5.74, 6) is 0.102. The molecule has 1 fully saturated rings. The molecule has 2 N–H and O–H groups in total. The molecule has 4 heteroatoms. The van der Waals surface area contributed by atoms with E-state index in [1.165, 1.54) is 0 Å².